The molecule has 0 bridgehead atoms. The average molecular weight is 294 g/mol. The largest absolute Gasteiger partial charge is 0.399 e. The lowest BCUT2D eigenvalue weighted by molar-refractivity contribution is 0.262. The van der Waals surface area contributed by atoms with E-state index in [0.29, 0.717) is 10.7 Å². The number of nitrogen functional groups attached to an aromatic ring is 1. The third-order valence-electron chi connectivity index (χ3n) is 2.61. The SMILES string of the molecule is Cc1ccc(NC(=O)Nc2cc(N)cc(F)c2)cc1Cl. The third-order valence-corrected chi connectivity index (χ3v) is 3.01. The number of carbonyl (C=O) groups is 1. The fourth-order valence-electron chi connectivity index (χ4n) is 1.65. The molecule has 0 saturated heterocycles. The molecule has 0 fully saturated rings. The highest BCUT2D eigenvalue weighted by atomic mass is 35.5. The van der Waals surface area contributed by atoms with Gasteiger partial charge in [-0.15, -0.1) is 0 Å². The van der Waals surface area contributed by atoms with E-state index in [2.05, 4.69) is 10.6 Å². The van der Waals surface area contributed by atoms with Crippen molar-refractivity contribution < 1.29 is 9.18 Å². The molecule has 0 aliphatic rings. The van der Waals surface area contributed by atoms with Crippen LogP contribution < -0.4 is 16.4 Å². The number of carbonyl (C=O) groups excluding carboxylic acids is 1. The summed E-state index contributed by atoms with van der Waals surface area (Å²) in [5.74, 6) is -0.515. The number of halogens is 2. The molecule has 6 heteroatoms. The topological polar surface area (TPSA) is 67.2 Å². The molecule has 20 heavy (non-hydrogen) atoms. The number of rotatable bonds is 2. The second-order valence-corrected chi connectivity index (χ2v) is 4.72. The van der Waals surface area contributed by atoms with E-state index in [-0.39, 0.29) is 11.4 Å². The van der Waals surface area contributed by atoms with E-state index < -0.39 is 11.8 Å². The molecular formula is C14H13ClFN3O. The Bertz CT molecular complexity index is 641. The van der Waals surface area contributed by atoms with Gasteiger partial charge in [0.1, 0.15) is 5.82 Å². The maximum absolute atomic E-state index is 13.1. The molecule has 0 saturated carbocycles. The Labute approximate surface area is 120 Å². The van der Waals surface area contributed by atoms with Crippen LogP contribution in [0.25, 0.3) is 0 Å². The molecule has 2 rings (SSSR count). The number of aryl methyl sites for hydroxylation is 1. The molecule has 0 unspecified atom stereocenters. The van der Waals surface area contributed by atoms with Gasteiger partial charge in [-0.2, -0.15) is 0 Å². The highest BCUT2D eigenvalue weighted by Gasteiger charge is 2.06. The van der Waals surface area contributed by atoms with Crippen molar-refractivity contribution in [2.75, 3.05) is 16.4 Å². The standard InChI is InChI=1S/C14H13ClFN3O/c1-8-2-3-11(7-13(8)15)18-14(20)19-12-5-9(16)4-10(17)6-12/h2-7H,17H2,1H3,(H2,18,19,20). The monoisotopic (exact) mass is 293 g/mol. The fourth-order valence-corrected chi connectivity index (χ4v) is 1.83. The van der Waals surface area contributed by atoms with Crippen molar-refractivity contribution in [2.24, 2.45) is 0 Å². The molecule has 2 aromatic carbocycles. The van der Waals surface area contributed by atoms with Crippen LogP contribution >= 0.6 is 11.6 Å². The minimum absolute atomic E-state index is 0.235. The Morgan fingerprint density at radius 3 is 2.50 bits per heavy atom. The van der Waals surface area contributed by atoms with Gasteiger partial charge in [-0.05, 0) is 42.8 Å². The van der Waals surface area contributed by atoms with Gasteiger partial charge in [0.05, 0.1) is 0 Å². The first-order chi connectivity index (χ1) is 9.44. The molecule has 104 valence electrons. The van der Waals surface area contributed by atoms with Gasteiger partial charge in [0, 0.05) is 22.1 Å². The van der Waals surface area contributed by atoms with Crippen LogP contribution in [0.4, 0.5) is 26.2 Å². The molecule has 2 amide bonds. The molecule has 0 aliphatic carbocycles. The van der Waals surface area contributed by atoms with E-state index in [4.69, 9.17) is 17.3 Å². The van der Waals surface area contributed by atoms with E-state index in [1.807, 2.05) is 6.92 Å². The number of amides is 2. The van der Waals surface area contributed by atoms with Crippen LogP contribution in [0.3, 0.4) is 0 Å². The number of hydrogen-bond donors (Lipinski definition) is 3. The van der Waals surface area contributed by atoms with Crippen LogP contribution in [0, 0.1) is 12.7 Å². The van der Waals surface area contributed by atoms with E-state index in [9.17, 15) is 9.18 Å². The normalized spacial score (nSPS) is 10.2. The van der Waals surface area contributed by atoms with Gasteiger partial charge >= 0.3 is 6.03 Å². The Kier molecular flexibility index (Phi) is 4.10. The highest BCUT2D eigenvalue weighted by molar-refractivity contribution is 6.31. The summed E-state index contributed by atoms with van der Waals surface area (Å²) >= 11 is 5.96. The lowest BCUT2D eigenvalue weighted by Gasteiger charge is -2.09. The maximum Gasteiger partial charge on any atom is 0.323 e. The van der Waals surface area contributed by atoms with Gasteiger partial charge in [-0.3, -0.25) is 0 Å². The minimum atomic E-state index is -0.515. The Morgan fingerprint density at radius 1 is 1.15 bits per heavy atom. The number of nitrogens with two attached hydrogens (primary N) is 1. The van der Waals surface area contributed by atoms with Crippen LogP contribution in [0.5, 0.6) is 0 Å². The van der Waals surface area contributed by atoms with Crippen molar-refractivity contribution >= 4 is 34.7 Å². The quantitative estimate of drug-likeness (QED) is 0.732. The van der Waals surface area contributed by atoms with E-state index >= 15 is 0 Å². The van der Waals surface area contributed by atoms with Crippen molar-refractivity contribution in [1.82, 2.24) is 0 Å². The molecule has 0 aromatic heterocycles. The van der Waals surface area contributed by atoms with Gasteiger partial charge < -0.3 is 16.4 Å². The Morgan fingerprint density at radius 2 is 1.85 bits per heavy atom. The third kappa shape index (κ3) is 3.61. The summed E-state index contributed by atoms with van der Waals surface area (Å²) in [6, 6.07) is 8.45. The second kappa shape index (κ2) is 5.79. The van der Waals surface area contributed by atoms with Gasteiger partial charge in [0.2, 0.25) is 0 Å². The lowest BCUT2D eigenvalue weighted by atomic mass is 10.2. The van der Waals surface area contributed by atoms with Crippen molar-refractivity contribution in [3.63, 3.8) is 0 Å². The number of hydrogen-bond acceptors (Lipinski definition) is 2. The first kappa shape index (κ1) is 14.1. The van der Waals surface area contributed by atoms with Gasteiger partial charge in [0.15, 0.2) is 0 Å². The zero-order valence-corrected chi connectivity index (χ0v) is 11.5. The predicted molar refractivity (Wildman–Crippen MR) is 79.6 cm³/mol. The van der Waals surface area contributed by atoms with E-state index in [0.717, 1.165) is 5.56 Å². The lowest BCUT2D eigenvalue weighted by Crippen LogP contribution is -2.19. The molecule has 0 radical (unpaired) electrons. The molecule has 0 aliphatic heterocycles. The van der Waals surface area contributed by atoms with Crippen molar-refractivity contribution in [3.8, 4) is 0 Å². The number of urea groups is 1. The summed E-state index contributed by atoms with van der Waals surface area (Å²) in [6.45, 7) is 1.86. The second-order valence-electron chi connectivity index (χ2n) is 4.32. The Hall–Kier alpha value is -2.27. The van der Waals surface area contributed by atoms with Crippen molar-refractivity contribution in [2.45, 2.75) is 6.92 Å². The van der Waals surface area contributed by atoms with Gasteiger partial charge in [-0.25, -0.2) is 9.18 Å². The highest BCUT2D eigenvalue weighted by Crippen LogP contribution is 2.20. The summed E-state index contributed by atoms with van der Waals surface area (Å²) < 4.78 is 13.1. The summed E-state index contributed by atoms with van der Waals surface area (Å²) in [7, 11) is 0. The van der Waals surface area contributed by atoms with Crippen molar-refractivity contribution in [1.29, 1.82) is 0 Å². The van der Waals surface area contributed by atoms with Crippen LogP contribution in [0.2, 0.25) is 5.02 Å². The summed E-state index contributed by atoms with van der Waals surface area (Å²) in [6.07, 6.45) is 0. The van der Waals surface area contributed by atoms with Gasteiger partial charge in [0.25, 0.3) is 0 Å². The van der Waals surface area contributed by atoms with Crippen LogP contribution in [0.15, 0.2) is 36.4 Å². The predicted octanol–water partition coefficient (Wildman–Crippen LogP) is 4.01. The Balaban J connectivity index is 2.06. The van der Waals surface area contributed by atoms with Gasteiger partial charge in [-0.1, -0.05) is 17.7 Å². The molecule has 4 nitrogen and oxygen atoms in total. The minimum Gasteiger partial charge on any atom is -0.399 e. The average Bonchev–Trinajstić information content (AvgIpc) is 2.32. The summed E-state index contributed by atoms with van der Waals surface area (Å²) in [5, 5.41) is 5.65. The molecule has 0 heterocycles. The zero-order valence-electron chi connectivity index (χ0n) is 10.7. The summed E-state index contributed by atoms with van der Waals surface area (Å²) in [4.78, 5) is 11.8. The maximum atomic E-state index is 13.1. The molecule has 0 spiro atoms. The van der Waals surface area contributed by atoms with E-state index in [1.54, 1.807) is 18.2 Å². The van der Waals surface area contributed by atoms with Crippen molar-refractivity contribution in [3.05, 3.63) is 52.8 Å². The smallest absolute Gasteiger partial charge is 0.323 e. The first-order valence-corrected chi connectivity index (χ1v) is 6.22. The summed E-state index contributed by atoms with van der Waals surface area (Å²) in [5.41, 5.74) is 7.46. The molecule has 2 aromatic rings. The fraction of sp³-hybridized carbons (Fsp3) is 0.0714. The zero-order chi connectivity index (χ0) is 14.7. The van der Waals surface area contributed by atoms with Crippen LogP contribution in [-0.4, -0.2) is 6.03 Å². The van der Waals surface area contributed by atoms with Crippen LogP contribution in [0.1, 0.15) is 5.56 Å². The van der Waals surface area contributed by atoms with E-state index in [1.165, 1.54) is 18.2 Å². The van der Waals surface area contributed by atoms with Crippen LogP contribution in [-0.2, 0) is 0 Å². The number of nitrogens with one attached hydrogen (secondary N) is 2. The number of anilines is 3. The number of benzene rings is 2. The molecule has 0 atom stereocenters. The molecular weight excluding hydrogens is 281 g/mol. The first-order valence-electron chi connectivity index (χ1n) is 5.84. The molecule has 4 N–H and O–H groups in total.